The molecule has 0 bridgehead atoms. The fraction of sp³-hybridized carbons (Fsp3) is 0.565. The Kier molecular flexibility index (Phi) is 5.18. The normalized spacial score (nSPS) is 24.6. The minimum Gasteiger partial charge on any atom is -0.360 e. The molecule has 2 aromatic heterocycles. The van der Waals surface area contributed by atoms with Crippen LogP contribution in [0.2, 0.25) is 25.7 Å². The Balaban J connectivity index is 1.52. The van der Waals surface area contributed by atoms with Gasteiger partial charge in [0.25, 0.3) is 0 Å². The highest BCUT2D eigenvalue weighted by Gasteiger charge is 2.60. The van der Waals surface area contributed by atoms with Crippen molar-refractivity contribution in [3.05, 3.63) is 33.4 Å². The SMILES string of the molecule is C[C@H]1[C@H]2Cc3c(-c4nc5c(F)c(F)c(Br)cc5[nH]4)nn(COCC[Si](C)(C)C)c3C[C@]21C. The summed E-state index contributed by atoms with van der Waals surface area (Å²) in [5.74, 6) is -0.135. The second-order valence-electron chi connectivity index (χ2n) is 10.9. The number of fused-ring (bicyclic) bond motifs is 3. The van der Waals surface area contributed by atoms with Crippen molar-refractivity contribution in [1.82, 2.24) is 19.7 Å². The van der Waals surface area contributed by atoms with Crippen LogP contribution in [-0.2, 0) is 24.3 Å². The van der Waals surface area contributed by atoms with Gasteiger partial charge in [0.15, 0.2) is 17.5 Å². The van der Waals surface area contributed by atoms with Crippen LogP contribution < -0.4 is 0 Å². The number of nitrogens with zero attached hydrogens (tertiary/aromatic N) is 3. The van der Waals surface area contributed by atoms with Crippen molar-refractivity contribution < 1.29 is 13.5 Å². The van der Waals surface area contributed by atoms with Gasteiger partial charge in [0, 0.05) is 25.9 Å². The minimum atomic E-state index is -1.17. The first-order chi connectivity index (χ1) is 15.0. The molecule has 3 atom stereocenters. The van der Waals surface area contributed by atoms with Crippen LogP contribution in [0.4, 0.5) is 8.78 Å². The summed E-state index contributed by atoms with van der Waals surface area (Å²) >= 11 is 3.08. The first-order valence-electron chi connectivity index (χ1n) is 11.2. The van der Waals surface area contributed by atoms with E-state index >= 15 is 0 Å². The van der Waals surface area contributed by atoms with Gasteiger partial charge in [0.05, 0.1) is 9.99 Å². The second-order valence-corrected chi connectivity index (χ2v) is 17.3. The number of nitrogens with one attached hydrogen (secondary N) is 1. The number of hydrogen-bond donors (Lipinski definition) is 1. The summed E-state index contributed by atoms with van der Waals surface area (Å²) in [4.78, 5) is 7.57. The summed E-state index contributed by atoms with van der Waals surface area (Å²) in [6.45, 7) is 12.8. The molecule has 1 aromatic carbocycles. The van der Waals surface area contributed by atoms with E-state index in [9.17, 15) is 8.78 Å². The quantitative estimate of drug-likeness (QED) is 0.240. The van der Waals surface area contributed by atoms with Gasteiger partial charge in [-0.1, -0.05) is 33.5 Å². The van der Waals surface area contributed by atoms with Crippen LogP contribution in [0.25, 0.3) is 22.6 Å². The van der Waals surface area contributed by atoms with Crippen LogP contribution in [0, 0.1) is 28.9 Å². The zero-order valence-corrected chi connectivity index (χ0v) is 21.7. The van der Waals surface area contributed by atoms with E-state index in [4.69, 9.17) is 9.84 Å². The molecule has 2 aliphatic carbocycles. The van der Waals surface area contributed by atoms with E-state index in [1.165, 1.54) is 11.8 Å². The number of aromatic amines is 1. The smallest absolute Gasteiger partial charge is 0.187 e. The minimum absolute atomic E-state index is 0.00387. The number of ether oxygens (including phenoxy) is 1. The average Bonchev–Trinajstić information content (AvgIpc) is 3.03. The fourth-order valence-corrected chi connectivity index (χ4v) is 6.29. The van der Waals surface area contributed by atoms with Crippen LogP contribution in [0.3, 0.4) is 0 Å². The van der Waals surface area contributed by atoms with Crippen LogP contribution in [0.15, 0.2) is 10.5 Å². The van der Waals surface area contributed by atoms with Crippen molar-refractivity contribution in [3.8, 4) is 11.5 Å². The number of rotatable bonds is 6. The maximum atomic E-state index is 14.5. The highest BCUT2D eigenvalue weighted by Crippen LogP contribution is 2.64. The molecule has 0 saturated heterocycles. The van der Waals surface area contributed by atoms with Gasteiger partial charge in [-0.3, -0.25) is 0 Å². The Morgan fingerprint density at radius 1 is 1.31 bits per heavy atom. The highest BCUT2D eigenvalue weighted by atomic mass is 79.9. The summed E-state index contributed by atoms with van der Waals surface area (Å²) in [5.41, 5.74) is 3.81. The molecule has 1 saturated carbocycles. The zero-order chi connectivity index (χ0) is 23.0. The van der Waals surface area contributed by atoms with Gasteiger partial charge in [-0.15, -0.1) is 0 Å². The molecule has 3 aromatic rings. The molecule has 0 aliphatic heterocycles. The molecule has 2 heterocycles. The van der Waals surface area contributed by atoms with Gasteiger partial charge in [-0.25, -0.2) is 18.4 Å². The number of benzene rings is 1. The maximum absolute atomic E-state index is 14.5. The van der Waals surface area contributed by atoms with E-state index in [1.54, 1.807) is 0 Å². The molecule has 1 fully saturated rings. The van der Waals surface area contributed by atoms with E-state index < -0.39 is 19.7 Å². The second kappa shape index (κ2) is 7.46. The van der Waals surface area contributed by atoms with Crippen molar-refractivity contribution in [3.63, 3.8) is 0 Å². The van der Waals surface area contributed by atoms with Gasteiger partial charge in [-0.05, 0) is 58.1 Å². The maximum Gasteiger partial charge on any atom is 0.187 e. The monoisotopic (exact) mass is 522 g/mol. The lowest BCUT2D eigenvalue weighted by molar-refractivity contribution is 0.0756. The fourth-order valence-electron chi connectivity index (χ4n) is 5.14. The Bertz CT molecular complexity index is 1220. The third-order valence-electron chi connectivity index (χ3n) is 7.57. The lowest BCUT2D eigenvalue weighted by Crippen LogP contribution is -2.23. The topological polar surface area (TPSA) is 55.7 Å². The van der Waals surface area contributed by atoms with Crippen molar-refractivity contribution in [1.29, 1.82) is 0 Å². The zero-order valence-electron chi connectivity index (χ0n) is 19.2. The van der Waals surface area contributed by atoms with Crippen molar-refractivity contribution in [2.24, 2.45) is 17.3 Å². The number of hydrogen-bond acceptors (Lipinski definition) is 3. The van der Waals surface area contributed by atoms with Crippen molar-refractivity contribution in [2.75, 3.05) is 6.61 Å². The Morgan fingerprint density at radius 2 is 2.06 bits per heavy atom. The Morgan fingerprint density at radius 3 is 2.78 bits per heavy atom. The Hall–Kier alpha value is -1.58. The molecule has 172 valence electrons. The molecule has 2 aliphatic rings. The summed E-state index contributed by atoms with van der Waals surface area (Å²) in [6, 6.07) is 2.62. The molecular formula is C23H29BrF2N4OSi. The van der Waals surface area contributed by atoms with Gasteiger partial charge in [-0.2, -0.15) is 5.10 Å². The van der Waals surface area contributed by atoms with Crippen LogP contribution in [0.1, 0.15) is 25.1 Å². The molecule has 32 heavy (non-hydrogen) atoms. The number of H-pyrrole nitrogens is 1. The highest BCUT2D eigenvalue weighted by molar-refractivity contribution is 9.10. The van der Waals surface area contributed by atoms with Crippen LogP contribution in [0.5, 0.6) is 0 Å². The number of imidazole rings is 1. The predicted octanol–water partition coefficient (Wildman–Crippen LogP) is 6.15. The predicted molar refractivity (Wildman–Crippen MR) is 127 cm³/mol. The third-order valence-corrected chi connectivity index (χ3v) is 9.85. The molecule has 1 N–H and O–H groups in total. The summed E-state index contributed by atoms with van der Waals surface area (Å²) in [5, 5.41) is 4.86. The third kappa shape index (κ3) is 3.56. The molecular weight excluding hydrogens is 494 g/mol. The summed E-state index contributed by atoms with van der Waals surface area (Å²) in [6.07, 6.45) is 1.88. The number of halogens is 3. The van der Waals surface area contributed by atoms with Gasteiger partial charge in [0.1, 0.15) is 17.9 Å². The van der Waals surface area contributed by atoms with Gasteiger partial charge >= 0.3 is 0 Å². The van der Waals surface area contributed by atoms with E-state index in [1.807, 2.05) is 4.68 Å². The van der Waals surface area contributed by atoms with E-state index in [2.05, 4.69) is 59.4 Å². The molecule has 5 rings (SSSR count). The molecule has 9 heteroatoms. The standard InChI is InChI=1S/C23H29BrF2N4OSi/c1-12-14-8-13-17(10-23(12,14)2)30(11-31-6-7-32(3,4)5)29-20(13)22-27-16-9-15(24)18(25)19(26)21(16)28-22/h9,12,14H,6-8,10-11H2,1-5H3,(H,27,28)/t12-,14+,23-/m0/s1. The molecule has 0 amide bonds. The first-order valence-corrected chi connectivity index (χ1v) is 15.7. The lowest BCUT2D eigenvalue weighted by atomic mass is 9.87. The lowest BCUT2D eigenvalue weighted by Gasteiger charge is -2.20. The largest absolute Gasteiger partial charge is 0.360 e. The van der Waals surface area contributed by atoms with E-state index in [-0.39, 0.29) is 9.99 Å². The van der Waals surface area contributed by atoms with Gasteiger partial charge in [0.2, 0.25) is 0 Å². The first kappa shape index (κ1) is 22.2. The van der Waals surface area contributed by atoms with E-state index in [0.29, 0.717) is 35.3 Å². The molecule has 0 unspecified atom stereocenters. The molecule has 0 spiro atoms. The van der Waals surface area contributed by atoms with E-state index in [0.717, 1.165) is 36.8 Å². The summed E-state index contributed by atoms with van der Waals surface area (Å²) in [7, 11) is -1.17. The average molecular weight is 523 g/mol. The molecule has 0 radical (unpaired) electrons. The molecule has 5 nitrogen and oxygen atoms in total. The van der Waals surface area contributed by atoms with Crippen molar-refractivity contribution >= 4 is 35.0 Å². The van der Waals surface area contributed by atoms with Crippen molar-refractivity contribution in [2.45, 2.75) is 59.1 Å². The van der Waals surface area contributed by atoms with Crippen LogP contribution >= 0.6 is 15.9 Å². The van der Waals surface area contributed by atoms with Crippen LogP contribution in [-0.4, -0.2) is 34.4 Å². The van der Waals surface area contributed by atoms with Gasteiger partial charge < -0.3 is 9.72 Å². The number of aromatic nitrogens is 4. The summed E-state index contributed by atoms with van der Waals surface area (Å²) < 4.78 is 36.6. The Labute approximate surface area is 196 Å².